The molecular weight excluding hydrogens is 424 g/mol. The van der Waals surface area contributed by atoms with Crippen molar-refractivity contribution in [1.29, 1.82) is 0 Å². The molecule has 0 spiro atoms. The van der Waals surface area contributed by atoms with Crippen LogP contribution in [0, 0.1) is 6.92 Å². The van der Waals surface area contributed by atoms with Crippen LogP contribution < -0.4 is 9.47 Å². The van der Waals surface area contributed by atoms with Crippen molar-refractivity contribution < 1.29 is 22.1 Å². The molecule has 0 aromatic heterocycles. The molecule has 0 radical (unpaired) electrons. The molecule has 0 aliphatic carbocycles. The third-order valence-electron chi connectivity index (χ3n) is 4.98. The lowest BCUT2D eigenvalue weighted by Gasteiger charge is -2.15. The van der Waals surface area contributed by atoms with Gasteiger partial charge in [-0.25, -0.2) is 0 Å². The lowest BCUT2D eigenvalue weighted by atomic mass is 10.00. The topological polar surface area (TPSA) is 61.8 Å². The summed E-state index contributed by atoms with van der Waals surface area (Å²) in [6.45, 7) is 1.80. The molecular formula is C23H21ClO5S. The first-order chi connectivity index (χ1) is 14.4. The predicted molar refractivity (Wildman–Crippen MR) is 116 cm³/mol. The highest BCUT2D eigenvalue weighted by Gasteiger charge is 2.29. The van der Waals surface area contributed by atoms with Gasteiger partial charge in [-0.2, -0.15) is 8.42 Å². The standard InChI is InChI=1S/C23H21ClO5S/c1-15-7-9-19(10-8-15)30(25,26)28-14-18-12-16-11-17(24)13-21(23(16)29-18)20-5-3-4-6-22(20)27-2/h3-11,13,18H,12,14H2,1-2H3. The predicted octanol–water partition coefficient (Wildman–Crippen LogP) is 5.03. The van der Waals surface area contributed by atoms with Crippen molar-refractivity contribution in [3.63, 3.8) is 0 Å². The third kappa shape index (κ3) is 4.17. The van der Waals surface area contributed by atoms with Crippen LogP contribution in [-0.4, -0.2) is 28.2 Å². The number of benzene rings is 3. The van der Waals surface area contributed by atoms with Gasteiger partial charge in [0.05, 0.1) is 12.0 Å². The summed E-state index contributed by atoms with van der Waals surface area (Å²) in [5.74, 6) is 1.37. The van der Waals surface area contributed by atoms with Gasteiger partial charge in [0.2, 0.25) is 0 Å². The zero-order chi connectivity index (χ0) is 21.3. The van der Waals surface area contributed by atoms with Gasteiger partial charge in [-0.1, -0.05) is 47.5 Å². The zero-order valence-electron chi connectivity index (χ0n) is 16.6. The summed E-state index contributed by atoms with van der Waals surface area (Å²) in [6.07, 6.45) is 0.0636. The van der Waals surface area contributed by atoms with E-state index >= 15 is 0 Å². The Hall–Kier alpha value is -2.54. The second-order valence-electron chi connectivity index (χ2n) is 7.14. The van der Waals surface area contributed by atoms with Crippen LogP contribution in [-0.2, 0) is 20.7 Å². The van der Waals surface area contributed by atoms with Crippen LogP contribution in [0.5, 0.6) is 11.5 Å². The molecule has 0 amide bonds. The van der Waals surface area contributed by atoms with E-state index < -0.39 is 16.2 Å². The van der Waals surface area contributed by atoms with Crippen LogP contribution >= 0.6 is 11.6 Å². The fourth-order valence-electron chi connectivity index (χ4n) is 3.49. The Morgan fingerprint density at radius 2 is 1.80 bits per heavy atom. The maximum atomic E-state index is 12.5. The lowest BCUT2D eigenvalue weighted by Crippen LogP contribution is -2.23. The van der Waals surface area contributed by atoms with Gasteiger partial charge >= 0.3 is 0 Å². The second-order valence-corrected chi connectivity index (χ2v) is 9.19. The molecule has 1 atom stereocenters. The molecule has 0 fully saturated rings. The van der Waals surface area contributed by atoms with Gasteiger partial charge in [0, 0.05) is 28.1 Å². The Balaban J connectivity index is 1.56. The van der Waals surface area contributed by atoms with Crippen LogP contribution in [0.15, 0.2) is 65.6 Å². The number of rotatable bonds is 6. The summed E-state index contributed by atoms with van der Waals surface area (Å²) in [6, 6.07) is 17.8. The van der Waals surface area contributed by atoms with E-state index in [1.54, 1.807) is 19.2 Å². The van der Waals surface area contributed by atoms with E-state index in [1.807, 2.05) is 43.3 Å². The van der Waals surface area contributed by atoms with Crippen LogP contribution in [0.3, 0.4) is 0 Å². The van der Waals surface area contributed by atoms with Gasteiger partial charge in [0.25, 0.3) is 10.1 Å². The Labute approximate surface area is 181 Å². The van der Waals surface area contributed by atoms with Crippen molar-refractivity contribution in [3.8, 4) is 22.6 Å². The van der Waals surface area contributed by atoms with Crippen molar-refractivity contribution in [1.82, 2.24) is 0 Å². The minimum Gasteiger partial charge on any atom is -0.496 e. The molecule has 3 aromatic carbocycles. The van der Waals surface area contributed by atoms with E-state index in [4.69, 9.17) is 25.3 Å². The molecule has 1 aliphatic rings. The summed E-state index contributed by atoms with van der Waals surface area (Å²) in [5.41, 5.74) is 3.54. The normalized spacial score (nSPS) is 15.5. The lowest BCUT2D eigenvalue weighted by molar-refractivity contribution is 0.152. The van der Waals surface area contributed by atoms with E-state index in [0.717, 1.165) is 22.3 Å². The summed E-state index contributed by atoms with van der Waals surface area (Å²) in [5, 5.41) is 0.576. The molecule has 1 heterocycles. The van der Waals surface area contributed by atoms with Crippen LogP contribution in [0.1, 0.15) is 11.1 Å². The van der Waals surface area contributed by atoms with Crippen molar-refractivity contribution in [2.45, 2.75) is 24.3 Å². The quantitative estimate of drug-likeness (QED) is 0.499. The van der Waals surface area contributed by atoms with E-state index in [2.05, 4.69) is 0 Å². The largest absolute Gasteiger partial charge is 0.496 e. The molecule has 1 aliphatic heterocycles. The monoisotopic (exact) mass is 444 g/mol. The first-order valence-corrected chi connectivity index (χ1v) is 11.2. The minimum atomic E-state index is -3.86. The molecule has 0 saturated heterocycles. The maximum Gasteiger partial charge on any atom is 0.297 e. The molecule has 0 N–H and O–H groups in total. The molecule has 0 bridgehead atoms. The number of ether oxygens (including phenoxy) is 2. The van der Waals surface area contributed by atoms with Crippen LogP contribution in [0.4, 0.5) is 0 Å². The second kappa shape index (κ2) is 8.30. The van der Waals surface area contributed by atoms with Gasteiger partial charge in [-0.15, -0.1) is 0 Å². The first kappa shape index (κ1) is 20.7. The van der Waals surface area contributed by atoms with Gasteiger partial charge in [-0.3, -0.25) is 4.18 Å². The van der Waals surface area contributed by atoms with Crippen molar-refractivity contribution >= 4 is 21.7 Å². The fraction of sp³-hybridized carbons (Fsp3) is 0.217. The van der Waals surface area contributed by atoms with E-state index in [1.165, 1.54) is 12.1 Å². The average molecular weight is 445 g/mol. The number of hydrogen-bond acceptors (Lipinski definition) is 5. The first-order valence-electron chi connectivity index (χ1n) is 9.46. The molecule has 3 aromatic rings. The van der Waals surface area contributed by atoms with Crippen LogP contribution in [0.2, 0.25) is 5.02 Å². The molecule has 1 unspecified atom stereocenters. The smallest absolute Gasteiger partial charge is 0.297 e. The summed E-state index contributed by atoms with van der Waals surface area (Å²) in [4.78, 5) is 0.126. The number of halogens is 1. The molecule has 5 nitrogen and oxygen atoms in total. The Kier molecular flexibility index (Phi) is 5.73. The van der Waals surface area contributed by atoms with E-state index in [0.29, 0.717) is 22.9 Å². The highest BCUT2D eigenvalue weighted by atomic mass is 35.5. The van der Waals surface area contributed by atoms with Crippen molar-refractivity contribution in [3.05, 3.63) is 76.8 Å². The maximum absolute atomic E-state index is 12.5. The van der Waals surface area contributed by atoms with Gasteiger partial charge in [0.15, 0.2) is 0 Å². The summed E-state index contributed by atoms with van der Waals surface area (Å²) in [7, 11) is -2.25. The fourth-order valence-corrected chi connectivity index (χ4v) is 4.67. The minimum absolute atomic E-state index is 0.0894. The Bertz CT molecular complexity index is 1170. The van der Waals surface area contributed by atoms with Gasteiger partial charge in [0.1, 0.15) is 24.2 Å². The molecule has 0 saturated carbocycles. The highest BCUT2D eigenvalue weighted by Crippen LogP contribution is 2.44. The summed E-state index contributed by atoms with van der Waals surface area (Å²) >= 11 is 6.34. The van der Waals surface area contributed by atoms with Gasteiger partial charge in [-0.05, 0) is 37.3 Å². The van der Waals surface area contributed by atoms with Crippen molar-refractivity contribution in [2.24, 2.45) is 0 Å². The number of fused-ring (bicyclic) bond motifs is 1. The Morgan fingerprint density at radius 3 is 2.53 bits per heavy atom. The van der Waals surface area contributed by atoms with Crippen molar-refractivity contribution in [2.75, 3.05) is 13.7 Å². The number of para-hydroxylation sites is 1. The highest BCUT2D eigenvalue weighted by molar-refractivity contribution is 7.86. The average Bonchev–Trinajstić information content (AvgIpc) is 3.15. The van der Waals surface area contributed by atoms with Gasteiger partial charge < -0.3 is 9.47 Å². The van der Waals surface area contributed by atoms with Crippen LogP contribution in [0.25, 0.3) is 11.1 Å². The third-order valence-corrected chi connectivity index (χ3v) is 6.49. The molecule has 4 rings (SSSR count). The number of aryl methyl sites for hydroxylation is 1. The van der Waals surface area contributed by atoms with E-state index in [-0.39, 0.29) is 11.5 Å². The molecule has 7 heteroatoms. The number of hydrogen-bond donors (Lipinski definition) is 0. The van der Waals surface area contributed by atoms with E-state index in [9.17, 15) is 8.42 Å². The SMILES string of the molecule is COc1ccccc1-c1cc(Cl)cc2c1OC(COS(=O)(=O)c1ccc(C)cc1)C2. The summed E-state index contributed by atoms with van der Waals surface area (Å²) < 4.78 is 41.8. The Morgan fingerprint density at radius 1 is 1.07 bits per heavy atom. The zero-order valence-corrected chi connectivity index (χ0v) is 18.2. The molecule has 30 heavy (non-hydrogen) atoms. The molecule has 156 valence electrons. The number of methoxy groups -OCH3 is 1.